The summed E-state index contributed by atoms with van der Waals surface area (Å²) >= 11 is 9.52. The molecule has 0 spiro atoms. The molecule has 0 unspecified atom stereocenters. The average Bonchev–Trinajstić information content (AvgIpc) is 2.96. The van der Waals surface area contributed by atoms with Gasteiger partial charge in [-0.2, -0.15) is 0 Å². The van der Waals surface area contributed by atoms with E-state index in [2.05, 4.69) is 28.2 Å². The minimum Gasteiger partial charge on any atom is -0.370 e. The van der Waals surface area contributed by atoms with Crippen LogP contribution in [0.3, 0.4) is 0 Å². The van der Waals surface area contributed by atoms with Crippen LogP contribution in [-0.4, -0.2) is 16.5 Å². The number of aromatic nitrogens is 2. The van der Waals surface area contributed by atoms with Gasteiger partial charge < -0.3 is 5.32 Å². The Morgan fingerprint density at radius 1 is 1.29 bits per heavy atom. The van der Waals surface area contributed by atoms with E-state index in [0.717, 1.165) is 47.5 Å². The molecule has 3 rings (SSSR count). The Morgan fingerprint density at radius 3 is 2.90 bits per heavy atom. The molecule has 1 aliphatic rings. The molecule has 2 aromatic rings. The standard InChI is InChI=1S/C16H17BrClN3/c1-2-8-19-16-11-4-3-5-14(11)20-15(21-16)10-6-7-13(18)12(17)9-10/h6-7,9H,2-5,8H2,1H3,(H,19,20,21). The topological polar surface area (TPSA) is 37.8 Å². The van der Waals surface area contributed by atoms with Crippen LogP contribution in [0.25, 0.3) is 11.4 Å². The molecule has 0 radical (unpaired) electrons. The van der Waals surface area contributed by atoms with Gasteiger partial charge in [0, 0.05) is 27.8 Å². The van der Waals surface area contributed by atoms with Gasteiger partial charge in [-0.1, -0.05) is 18.5 Å². The summed E-state index contributed by atoms with van der Waals surface area (Å²) in [7, 11) is 0. The van der Waals surface area contributed by atoms with Crippen LogP contribution in [0.5, 0.6) is 0 Å². The van der Waals surface area contributed by atoms with E-state index in [-0.39, 0.29) is 0 Å². The van der Waals surface area contributed by atoms with Crippen molar-refractivity contribution in [3.63, 3.8) is 0 Å². The lowest BCUT2D eigenvalue weighted by Gasteiger charge is -2.12. The Kier molecular flexibility index (Phi) is 4.45. The fourth-order valence-corrected chi connectivity index (χ4v) is 3.08. The van der Waals surface area contributed by atoms with Crippen molar-refractivity contribution in [1.29, 1.82) is 0 Å². The fourth-order valence-electron chi connectivity index (χ4n) is 2.59. The van der Waals surface area contributed by atoms with Gasteiger partial charge in [-0.25, -0.2) is 9.97 Å². The molecule has 1 aliphatic carbocycles. The monoisotopic (exact) mass is 365 g/mol. The summed E-state index contributed by atoms with van der Waals surface area (Å²) in [6.07, 6.45) is 4.37. The van der Waals surface area contributed by atoms with Crippen molar-refractivity contribution in [3.8, 4) is 11.4 Å². The number of hydrogen-bond acceptors (Lipinski definition) is 3. The van der Waals surface area contributed by atoms with Crippen molar-refractivity contribution in [2.75, 3.05) is 11.9 Å². The summed E-state index contributed by atoms with van der Waals surface area (Å²) in [6, 6.07) is 5.81. The first-order chi connectivity index (χ1) is 10.2. The molecule has 5 heteroatoms. The molecule has 110 valence electrons. The first-order valence-corrected chi connectivity index (χ1v) is 8.45. The molecule has 0 amide bonds. The highest BCUT2D eigenvalue weighted by Gasteiger charge is 2.19. The summed E-state index contributed by atoms with van der Waals surface area (Å²) in [5.74, 6) is 1.77. The van der Waals surface area contributed by atoms with Crippen molar-refractivity contribution < 1.29 is 0 Å². The van der Waals surface area contributed by atoms with Crippen LogP contribution in [0.4, 0.5) is 5.82 Å². The number of nitrogens with zero attached hydrogens (tertiary/aromatic N) is 2. The second-order valence-corrected chi connectivity index (χ2v) is 6.49. The Balaban J connectivity index is 2.04. The number of fused-ring (bicyclic) bond motifs is 1. The summed E-state index contributed by atoms with van der Waals surface area (Å²) in [5, 5.41) is 4.14. The predicted octanol–water partition coefficient (Wildman–Crippen LogP) is 4.87. The number of rotatable bonds is 4. The van der Waals surface area contributed by atoms with E-state index in [1.54, 1.807) is 0 Å². The number of nitrogens with one attached hydrogen (secondary N) is 1. The highest BCUT2D eigenvalue weighted by Crippen LogP contribution is 2.31. The minimum absolute atomic E-state index is 0.698. The molecule has 0 bridgehead atoms. The third kappa shape index (κ3) is 3.06. The van der Waals surface area contributed by atoms with Crippen molar-refractivity contribution in [3.05, 3.63) is 39.0 Å². The van der Waals surface area contributed by atoms with Gasteiger partial charge in [0.05, 0.1) is 5.02 Å². The van der Waals surface area contributed by atoms with Gasteiger partial charge in [0.2, 0.25) is 0 Å². The lowest BCUT2D eigenvalue weighted by Crippen LogP contribution is -2.08. The summed E-state index contributed by atoms with van der Waals surface area (Å²) in [6.45, 7) is 3.10. The SMILES string of the molecule is CCCNc1nc(-c2ccc(Cl)c(Br)c2)nc2c1CCC2. The molecule has 0 atom stereocenters. The van der Waals surface area contributed by atoms with Crippen molar-refractivity contribution in [2.24, 2.45) is 0 Å². The number of hydrogen-bond donors (Lipinski definition) is 1. The van der Waals surface area contributed by atoms with Gasteiger partial charge >= 0.3 is 0 Å². The molecular weight excluding hydrogens is 350 g/mol. The van der Waals surface area contributed by atoms with Gasteiger partial charge in [-0.3, -0.25) is 0 Å². The van der Waals surface area contributed by atoms with Crippen LogP contribution in [0.1, 0.15) is 31.0 Å². The van der Waals surface area contributed by atoms with Crippen LogP contribution >= 0.6 is 27.5 Å². The van der Waals surface area contributed by atoms with Crippen LogP contribution in [0.2, 0.25) is 5.02 Å². The molecular formula is C16H17BrClN3. The Labute approximate surface area is 138 Å². The van der Waals surface area contributed by atoms with Crippen LogP contribution in [0.15, 0.2) is 22.7 Å². The normalized spacial score (nSPS) is 13.3. The molecule has 0 fully saturated rings. The maximum absolute atomic E-state index is 6.06. The van der Waals surface area contributed by atoms with Gasteiger partial charge in [0.1, 0.15) is 5.82 Å². The number of halogens is 2. The summed E-state index contributed by atoms with van der Waals surface area (Å²) in [4.78, 5) is 9.48. The fraction of sp³-hybridized carbons (Fsp3) is 0.375. The molecule has 21 heavy (non-hydrogen) atoms. The smallest absolute Gasteiger partial charge is 0.161 e. The minimum atomic E-state index is 0.698. The second-order valence-electron chi connectivity index (χ2n) is 5.23. The van der Waals surface area contributed by atoms with Crippen molar-refractivity contribution in [1.82, 2.24) is 9.97 Å². The highest BCUT2D eigenvalue weighted by atomic mass is 79.9. The summed E-state index contributed by atoms with van der Waals surface area (Å²) in [5.41, 5.74) is 3.46. The summed E-state index contributed by atoms with van der Waals surface area (Å²) < 4.78 is 0.869. The Hall–Kier alpha value is -1.13. The predicted molar refractivity (Wildman–Crippen MR) is 91.0 cm³/mol. The first kappa shape index (κ1) is 14.8. The number of benzene rings is 1. The molecule has 0 saturated heterocycles. The maximum Gasteiger partial charge on any atom is 0.161 e. The maximum atomic E-state index is 6.06. The van der Waals surface area contributed by atoms with E-state index in [1.807, 2.05) is 18.2 Å². The number of anilines is 1. The first-order valence-electron chi connectivity index (χ1n) is 7.28. The van der Waals surface area contributed by atoms with E-state index in [9.17, 15) is 0 Å². The van der Waals surface area contributed by atoms with E-state index < -0.39 is 0 Å². The lowest BCUT2D eigenvalue weighted by molar-refractivity contribution is 0.899. The molecule has 1 heterocycles. The quantitative estimate of drug-likeness (QED) is 0.839. The molecule has 1 N–H and O–H groups in total. The largest absolute Gasteiger partial charge is 0.370 e. The number of aryl methyl sites for hydroxylation is 1. The third-order valence-corrected chi connectivity index (χ3v) is 4.87. The molecule has 1 aromatic heterocycles. The zero-order chi connectivity index (χ0) is 14.8. The second kappa shape index (κ2) is 6.32. The van der Waals surface area contributed by atoms with E-state index in [0.29, 0.717) is 5.02 Å². The van der Waals surface area contributed by atoms with Crippen LogP contribution < -0.4 is 5.32 Å². The molecule has 3 nitrogen and oxygen atoms in total. The van der Waals surface area contributed by atoms with E-state index >= 15 is 0 Å². The van der Waals surface area contributed by atoms with E-state index in [1.165, 1.54) is 17.7 Å². The van der Waals surface area contributed by atoms with Crippen LogP contribution in [-0.2, 0) is 12.8 Å². The van der Waals surface area contributed by atoms with Gasteiger partial charge in [0.15, 0.2) is 5.82 Å². The lowest BCUT2D eigenvalue weighted by atomic mass is 10.2. The van der Waals surface area contributed by atoms with Gasteiger partial charge in [-0.05, 0) is 59.8 Å². The Morgan fingerprint density at radius 2 is 2.14 bits per heavy atom. The Bertz CT molecular complexity index is 673. The van der Waals surface area contributed by atoms with Gasteiger partial charge in [0.25, 0.3) is 0 Å². The zero-order valence-corrected chi connectivity index (χ0v) is 14.3. The zero-order valence-electron chi connectivity index (χ0n) is 11.9. The average molecular weight is 367 g/mol. The van der Waals surface area contributed by atoms with E-state index in [4.69, 9.17) is 21.6 Å². The van der Waals surface area contributed by atoms with Crippen molar-refractivity contribution >= 4 is 33.3 Å². The molecule has 0 saturated carbocycles. The van der Waals surface area contributed by atoms with Crippen molar-refractivity contribution in [2.45, 2.75) is 32.6 Å². The molecule has 1 aromatic carbocycles. The van der Waals surface area contributed by atoms with Crippen LogP contribution in [0, 0.1) is 0 Å². The van der Waals surface area contributed by atoms with Gasteiger partial charge in [-0.15, -0.1) is 0 Å². The highest BCUT2D eigenvalue weighted by molar-refractivity contribution is 9.10. The third-order valence-electron chi connectivity index (χ3n) is 3.65. The molecule has 0 aliphatic heterocycles.